The number of pyridine rings is 1. The van der Waals surface area contributed by atoms with E-state index >= 15 is 0 Å². The topological polar surface area (TPSA) is 12.9 Å². The van der Waals surface area contributed by atoms with Crippen LogP contribution < -0.4 is 0 Å². The average molecular weight is 387 g/mol. The lowest BCUT2D eigenvalue weighted by Crippen LogP contribution is -1.97. The van der Waals surface area contributed by atoms with Gasteiger partial charge in [0.05, 0.1) is 14.2 Å². The molecule has 0 aliphatic heterocycles. The lowest BCUT2D eigenvalue weighted by Gasteiger charge is -2.09. The van der Waals surface area contributed by atoms with E-state index in [2.05, 4.69) is 39.1 Å². The molecule has 1 aromatic carbocycles. The SMILES string of the molecule is Clc1cc(C(Br)Cc2ccc3ccccc3n2)c(Cl)s1. The molecular formula is C15H10BrCl2NS. The molecule has 0 fully saturated rings. The van der Waals surface area contributed by atoms with Crippen molar-refractivity contribution in [3.63, 3.8) is 0 Å². The van der Waals surface area contributed by atoms with E-state index in [0.29, 0.717) is 4.34 Å². The van der Waals surface area contributed by atoms with Gasteiger partial charge in [0.1, 0.15) is 0 Å². The molecule has 1 atom stereocenters. The van der Waals surface area contributed by atoms with Crippen LogP contribution in [0.25, 0.3) is 10.9 Å². The van der Waals surface area contributed by atoms with Gasteiger partial charge >= 0.3 is 0 Å². The van der Waals surface area contributed by atoms with Crippen molar-refractivity contribution in [1.82, 2.24) is 4.98 Å². The monoisotopic (exact) mass is 385 g/mol. The van der Waals surface area contributed by atoms with Crippen molar-refractivity contribution in [3.8, 4) is 0 Å². The largest absolute Gasteiger partial charge is 0.253 e. The second-order valence-electron chi connectivity index (χ2n) is 4.45. The zero-order valence-electron chi connectivity index (χ0n) is 10.3. The van der Waals surface area contributed by atoms with E-state index in [-0.39, 0.29) is 4.83 Å². The number of rotatable bonds is 3. The molecule has 0 aliphatic carbocycles. The Kier molecular flexibility index (Phi) is 4.32. The van der Waals surface area contributed by atoms with Crippen LogP contribution >= 0.6 is 50.5 Å². The third kappa shape index (κ3) is 3.01. The van der Waals surface area contributed by atoms with E-state index < -0.39 is 0 Å². The first-order valence-corrected chi connectivity index (χ1v) is 8.56. The molecule has 0 amide bonds. The van der Waals surface area contributed by atoms with E-state index in [4.69, 9.17) is 23.2 Å². The molecule has 0 aliphatic rings. The van der Waals surface area contributed by atoms with Gasteiger partial charge in [0.15, 0.2) is 0 Å². The van der Waals surface area contributed by atoms with Gasteiger partial charge in [-0.05, 0) is 23.8 Å². The summed E-state index contributed by atoms with van der Waals surface area (Å²) in [5.41, 5.74) is 3.07. The van der Waals surface area contributed by atoms with Crippen molar-refractivity contribution in [1.29, 1.82) is 0 Å². The van der Waals surface area contributed by atoms with E-state index in [1.807, 2.05) is 24.3 Å². The molecule has 0 bridgehead atoms. The minimum Gasteiger partial charge on any atom is -0.253 e. The van der Waals surface area contributed by atoms with Crippen molar-refractivity contribution in [2.24, 2.45) is 0 Å². The fourth-order valence-electron chi connectivity index (χ4n) is 2.08. The molecule has 0 saturated heterocycles. The maximum absolute atomic E-state index is 6.18. The highest BCUT2D eigenvalue weighted by Crippen LogP contribution is 2.39. The van der Waals surface area contributed by atoms with Crippen LogP contribution in [0.2, 0.25) is 8.67 Å². The summed E-state index contributed by atoms with van der Waals surface area (Å²) in [4.78, 5) is 4.79. The molecule has 0 spiro atoms. The summed E-state index contributed by atoms with van der Waals surface area (Å²) in [6, 6.07) is 14.2. The van der Waals surface area contributed by atoms with Crippen molar-refractivity contribution < 1.29 is 0 Å². The second kappa shape index (κ2) is 6.02. The molecule has 0 N–H and O–H groups in total. The van der Waals surface area contributed by atoms with Crippen LogP contribution in [-0.2, 0) is 6.42 Å². The third-order valence-electron chi connectivity index (χ3n) is 3.06. The highest BCUT2D eigenvalue weighted by atomic mass is 79.9. The standard InChI is InChI=1S/C15H10BrCl2NS/c16-12(11-8-14(17)20-15(11)18)7-10-6-5-9-3-1-2-4-13(9)19-10/h1-6,8,12H,7H2. The average Bonchev–Trinajstić information content (AvgIpc) is 2.78. The molecule has 1 nitrogen and oxygen atoms in total. The zero-order chi connectivity index (χ0) is 14.1. The third-order valence-corrected chi connectivity index (χ3v) is 5.40. The molecule has 102 valence electrons. The van der Waals surface area contributed by atoms with E-state index in [1.54, 1.807) is 0 Å². The molecule has 0 saturated carbocycles. The maximum atomic E-state index is 6.18. The Labute approximate surface area is 139 Å². The predicted molar refractivity (Wildman–Crippen MR) is 91.5 cm³/mol. The molecule has 2 aromatic heterocycles. The Balaban J connectivity index is 1.87. The lowest BCUT2D eigenvalue weighted by atomic mass is 10.1. The van der Waals surface area contributed by atoms with E-state index in [0.717, 1.165) is 32.9 Å². The Hall–Kier alpha value is -0.610. The summed E-state index contributed by atoms with van der Waals surface area (Å²) in [5, 5.41) is 1.15. The van der Waals surface area contributed by atoms with Gasteiger partial charge in [0, 0.05) is 22.3 Å². The van der Waals surface area contributed by atoms with Crippen LogP contribution in [0.3, 0.4) is 0 Å². The first-order valence-electron chi connectivity index (χ1n) is 6.07. The quantitative estimate of drug-likeness (QED) is 0.482. The van der Waals surface area contributed by atoms with Gasteiger partial charge in [-0.1, -0.05) is 63.4 Å². The first-order chi connectivity index (χ1) is 9.63. The van der Waals surface area contributed by atoms with Gasteiger partial charge < -0.3 is 0 Å². The van der Waals surface area contributed by atoms with Crippen molar-refractivity contribution in [2.45, 2.75) is 11.2 Å². The van der Waals surface area contributed by atoms with E-state index in [9.17, 15) is 0 Å². The Morgan fingerprint density at radius 3 is 2.70 bits per heavy atom. The summed E-state index contributed by atoms with van der Waals surface area (Å²) in [6.45, 7) is 0. The summed E-state index contributed by atoms with van der Waals surface area (Å²) >= 11 is 17.2. The number of halogens is 3. The molecular weight excluding hydrogens is 377 g/mol. The number of benzene rings is 1. The van der Waals surface area contributed by atoms with Gasteiger partial charge in [0.25, 0.3) is 0 Å². The minimum absolute atomic E-state index is 0.118. The van der Waals surface area contributed by atoms with Crippen LogP contribution in [0.15, 0.2) is 42.5 Å². The molecule has 2 heterocycles. The van der Waals surface area contributed by atoms with Crippen LogP contribution in [0.4, 0.5) is 0 Å². The van der Waals surface area contributed by atoms with Crippen molar-refractivity contribution >= 4 is 61.4 Å². The summed E-state index contributed by atoms with van der Waals surface area (Å²) < 4.78 is 1.44. The van der Waals surface area contributed by atoms with Crippen LogP contribution in [-0.4, -0.2) is 4.98 Å². The normalized spacial score (nSPS) is 12.8. The molecule has 3 rings (SSSR count). The minimum atomic E-state index is 0.118. The summed E-state index contributed by atoms with van der Waals surface area (Å²) in [5.74, 6) is 0. The smallest absolute Gasteiger partial charge is 0.0987 e. The van der Waals surface area contributed by atoms with Gasteiger partial charge in [-0.2, -0.15) is 0 Å². The number of hydrogen-bond acceptors (Lipinski definition) is 2. The number of para-hydroxylation sites is 1. The van der Waals surface area contributed by atoms with Crippen LogP contribution in [0.1, 0.15) is 16.1 Å². The van der Waals surface area contributed by atoms with Crippen LogP contribution in [0, 0.1) is 0 Å². The van der Waals surface area contributed by atoms with Crippen LogP contribution in [0.5, 0.6) is 0 Å². The predicted octanol–water partition coefficient (Wildman–Crippen LogP) is 6.28. The van der Waals surface area contributed by atoms with Gasteiger partial charge in [-0.25, -0.2) is 0 Å². The molecule has 0 radical (unpaired) electrons. The number of nitrogens with zero attached hydrogens (tertiary/aromatic N) is 1. The molecule has 1 unspecified atom stereocenters. The van der Waals surface area contributed by atoms with Gasteiger partial charge in [-0.3, -0.25) is 4.98 Å². The number of fused-ring (bicyclic) bond motifs is 1. The second-order valence-corrected chi connectivity index (χ2v) is 7.84. The Morgan fingerprint density at radius 2 is 1.95 bits per heavy atom. The lowest BCUT2D eigenvalue weighted by molar-refractivity contribution is 0.917. The Bertz CT molecular complexity index is 756. The van der Waals surface area contributed by atoms with Crippen molar-refractivity contribution in [3.05, 3.63) is 62.4 Å². The maximum Gasteiger partial charge on any atom is 0.0987 e. The Morgan fingerprint density at radius 1 is 1.15 bits per heavy atom. The number of hydrogen-bond donors (Lipinski definition) is 0. The number of alkyl halides is 1. The fraction of sp³-hybridized carbons (Fsp3) is 0.133. The summed E-state index contributed by atoms with van der Waals surface area (Å²) in [7, 11) is 0. The van der Waals surface area contributed by atoms with Gasteiger partial charge in [0.2, 0.25) is 0 Å². The van der Waals surface area contributed by atoms with Crippen molar-refractivity contribution in [2.75, 3.05) is 0 Å². The zero-order valence-corrected chi connectivity index (χ0v) is 14.2. The summed E-state index contributed by atoms with van der Waals surface area (Å²) in [6.07, 6.45) is 0.775. The first kappa shape index (κ1) is 14.3. The molecule has 20 heavy (non-hydrogen) atoms. The fourth-order valence-corrected chi connectivity index (χ4v) is 4.64. The van der Waals surface area contributed by atoms with E-state index in [1.165, 1.54) is 11.3 Å². The number of aromatic nitrogens is 1. The molecule has 5 heteroatoms. The molecule has 3 aromatic rings. The highest BCUT2D eigenvalue weighted by Gasteiger charge is 2.16. The highest BCUT2D eigenvalue weighted by molar-refractivity contribution is 9.09. The van der Waals surface area contributed by atoms with Gasteiger partial charge in [-0.15, -0.1) is 11.3 Å². The number of thiophene rings is 1.